The molecule has 4 aromatic heterocycles. The van der Waals surface area contributed by atoms with Crippen molar-refractivity contribution >= 4 is 87.4 Å². The molecule has 14 aromatic rings. The first-order chi connectivity index (χ1) is 35.0. The summed E-state index contributed by atoms with van der Waals surface area (Å²) in [6.45, 7) is 13.9. The lowest BCUT2D eigenvalue weighted by Gasteiger charge is -2.24. The summed E-state index contributed by atoms with van der Waals surface area (Å²) in [7, 11) is 0. The van der Waals surface area contributed by atoms with Crippen molar-refractivity contribution in [3.05, 3.63) is 223 Å². The van der Waals surface area contributed by atoms with Crippen molar-refractivity contribution in [1.29, 1.82) is 0 Å². The van der Waals surface area contributed by atoms with Crippen molar-refractivity contribution in [3.8, 4) is 39.3 Å². The molecular formula is C68H53N3O. The summed E-state index contributed by atoms with van der Waals surface area (Å²) in [5.74, 6) is 0. The summed E-state index contributed by atoms with van der Waals surface area (Å²) in [6, 6.07) is 78.4. The predicted molar refractivity (Wildman–Crippen MR) is 305 cm³/mol. The lowest BCUT2D eigenvalue weighted by molar-refractivity contribution is 0.557. The molecule has 0 saturated carbocycles. The van der Waals surface area contributed by atoms with Crippen LogP contribution in [0.2, 0.25) is 0 Å². The Labute approximate surface area is 418 Å². The smallest absolute Gasteiger partial charge is 0.139 e. The van der Waals surface area contributed by atoms with Crippen LogP contribution in [-0.4, -0.2) is 13.7 Å². The lowest BCUT2D eigenvalue weighted by atomic mass is 9.81. The number of fused-ring (bicyclic) bond motifs is 12. The molecule has 0 unspecified atom stereocenters. The number of benzene rings is 10. The van der Waals surface area contributed by atoms with Crippen molar-refractivity contribution < 1.29 is 4.42 Å². The van der Waals surface area contributed by atoms with E-state index >= 15 is 0 Å². The van der Waals surface area contributed by atoms with Crippen LogP contribution in [0.3, 0.4) is 0 Å². The van der Waals surface area contributed by atoms with Crippen molar-refractivity contribution in [3.63, 3.8) is 0 Å². The highest BCUT2D eigenvalue weighted by Gasteiger charge is 2.31. The first-order valence-corrected chi connectivity index (χ1v) is 25.3. The Morgan fingerprint density at radius 2 is 0.708 bits per heavy atom. The van der Waals surface area contributed by atoms with E-state index < -0.39 is 0 Å². The van der Waals surface area contributed by atoms with E-state index in [0.29, 0.717) is 0 Å². The molecule has 4 heterocycles. The van der Waals surface area contributed by atoms with Crippen LogP contribution in [-0.2, 0) is 10.8 Å². The lowest BCUT2D eigenvalue weighted by Crippen LogP contribution is -2.13. The Morgan fingerprint density at radius 1 is 0.306 bits per heavy atom. The van der Waals surface area contributed by atoms with Gasteiger partial charge in [-0.3, -0.25) is 0 Å². The summed E-state index contributed by atoms with van der Waals surface area (Å²) in [6.07, 6.45) is 0. The molecule has 0 bridgehead atoms. The van der Waals surface area contributed by atoms with Gasteiger partial charge in [-0.1, -0.05) is 175 Å². The normalized spacial score (nSPS) is 12.6. The Balaban J connectivity index is 1.15. The zero-order valence-corrected chi connectivity index (χ0v) is 41.5. The van der Waals surface area contributed by atoms with Crippen molar-refractivity contribution in [1.82, 2.24) is 13.7 Å². The monoisotopic (exact) mass is 927 g/mol. The summed E-state index contributed by atoms with van der Waals surface area (Å²) in [5, 5.41) is 9.62. The molecule has 0 aliphatic heterocycles. The van der Waals surface area contributed by atoms with Gasteiger partial charge in [0, 0.05) is 71.2 Å². The van der Waals surface area contributed by atoms with E-state index in [1.807, 2.05) is 0 Å². The first kappa shape index (κ1) is 42.3. The van der Waals surface area contributed by atoms with Crippen LogP contribution in [0.4, 0.5) is 0 Å². The van der Waals surface area contributed by atoms with Gasteiger partial charge in [0.1, 0.15) is 11.2 Å². The van der Waals surface area contributed by atoms with Gasteiger partial charge in [-0.15, -0.1) is 0 Å². The Hall–Kier alpha value is -8.60. The molecule has 0 aliphatic carbocycles. The van der Waals surface area contributed by atoms with Gasteiger partial charge in [0.05, 0.1) is 38.8 Å². The standard InChI is InChI=1S/C68H53N3O/c1-67(2,3)54-38-44(42-21-9-7-10-22-42)37-53-64-63(43-23-11-8-12-24-43)62(41-55(68(4,5)6)66(64)72-65(53)54)71-60-35-33-45(69-56-29-17-13-25-47(56)48-26-14-18-30-57(48)69)39-51(60)52-40-46(34-36-61(52)71)70-58-31-19-15-27-49(58)50-28-16-20-32-59(50)70/h7-41H,1-6H3. The zero-order valence-electron chi connectivity index (χ0n) is 41.5. The number of hydrogen-bond acceptors (Lipinski definition) is 1. The highest BCUT2D eigenvalue weighted by molar-refractivity contribution is 6.19. The maximum absolute atomic E-state index is 7.41. The number of hydrogen-bond donors (Lipinski definition) is 0. The van der Waals surface area contributed by atoms with Gasteiger partial charge in [-0.25, -0.2) is 0 Å². The van der Waals surface area contributed by atoms with Gasteiger partial charge in [0.15, 0.2) is 0 Å². The van der Waals surface area contributed by atoms with E-state index in [-0.39, 0.29) is 10.8 Å². The van der Waals surface area contributed by atoms with Crippen LogP contribution in [0.15, 0.2) is 217 Å². The van der Waals surface area contributed by atoms with Crippen molar-refractivity contribution in [2.24, 2.45) is 0 Å². The molecule has 72 heavy (non-hydrogen) atoms. The van der Waals surface area contributed by atoms with Crippen molar-refractivity contribution in [2.75, 3.05) is 0 Å². The highest BCUT2D eigenvalue weighted by atomic mass is 16.3. The third kappa shape index (κ3) is 6.24. The number of rotatable bonds is 5. The summed E-state index contributed by atoms with van der Waals surface area (Å²) < 4.78 is 14.8. The van der Waals surface area contributed by atoms with Crippen molar-refractivity contribution in [2.45, 2.75) is 52.4 Å². The molecule has 4 nitrogen and oxygen atoms in total. The van der Waals surface area contributed by atoms with Crippen LogP contribution in [0.25, 0.3) is 127 Å². The van der Waals surface area contributed by atoms with E-state index in [1.165, 1.54) is 76.6 Å². The van der Waals surface area contributed by atoms with E-state index in [1.54, 1.807) is 0 Å². The molecule has 346 valence electrons. The third-order valence-electron chi connectivity index (χ3n) is 15.3. The van der Waals surface area contributed by atoms with Crippen LogP contribution in [0.1, 0.15) is 52.7 Å². The van der Waals surface area contributed by atoms with E-state index in [2.05, 4.69) is 268 Å². The second-order valence-electron chi connectivity index (χ2n) is 21.7. The molecule has 0 spiro atoms. The molecule has 0 fully saturated rings. The molecule has 0 amide bonds. The molecule has 0 radical (unpaired) electrons. The number of nitrogens with zero attached hydrogens (tertiary/aromatic N) is 3. The Bertz CT molecular complexity index is 4230. The van der Waals surface area contributed by atoms with Crippen LogP contribution >= 0.6 is 0 Å². The molecule has 14 rings (SSSR count). The van der Waals surface area contributed by atoms with Crippen LogP contribution in [0.5, 0.6) is 0 Å². The minimum absolute atomic E-state index is 0.191. The van der Waals surface area contributed by atoms with Crippen LogP contribution < -0.4 is 0 Å². The molecule has 0 N–H and O–H groups in total. The summed E-state index contributed by atoms with van der Waals surface area (Å²) in [4.78, 5) is 0. The molecule has 0 saturated heterocycles. The number of aromatic nitrogens is 3. The topological polar surface area (TPSA) is 27.9 Å². The number of furan rings is 1. The summed E-state index contributed by atoms with van der Waals surface area (Å²) in [5.41, 5.74) is 18.9. The fraction of sp³-hybridized carbons (Fsp3) is 0.118. The fourth-order valence-electron chi connectivity index (χ4n) is 12.0. The average Bonchev–Trinajstić information content (AvgIpc) is 4.14. The molecule has 4 heteroatoms. The molecular weight excluding hydrogens is 875 g/mol. The molecule has 0 aliphatic rings. The van der Waals surface area contributed by atoms with Gasteiger partial charge >= 0.3 is 0 Å². The van der Waals surface area contributed by atoms with Gasteiger partial charge < -0.3 is 18.1 Å². The number of para-hydroxylation sites is 4. The van der Waals surface area contributed by atoms with E-state index in [4.69, 9.17) is 4.42 Å². The minimum Gasteiger partial charge on any atom is -0.455 e. The van der Waals surface area contributed by atoms with Gasteiger partial charge in [0.2, 0.25) is 0 Å². The Kier molecular flexibility index (Phi) is 9.07. The van der Waals surface area contributed by atoms with E-state index in [9.17, 15) is 0 Å². The minimum atomic E-state index is -0.271. The zero-order chi connectivity index (χ0) is 48.6. The van der Waals surface area contributed by atoms with Gasteiger partial charge in [-0.05, 0) is 106 Å². The summed E-state index contributed by atoms with van der Waals surface area (Å²) >= 11 is 0. The fourth-order valence-corrected chi connectivity index (χ4v) is 12.0. The van der Waals surface area contributed by atoms with Gasteiger partial charge in [0.25, 0.3) is 0 Å². The maximum atomic E-state index is 7.41. The third-order valence-corrected chi connectivity index (χ3v) is 15.3. The quantitative estimate of drug-likeness (QED) is 0.169. The molecule has 10 aromatic carbocycles. The predicted octanol–water partition coefficient (Wildman–Crippen LogP) is 18.8. The van der Waals surface area contributed by atoms with E-state index in [0.717, 1.165) is 61.2 Å². The first-order valence-electron chi connectivity index (χ1n) is 25.3. The molecule has 0 atom stereocenters. The highest BCUT2D eigenvalue weighted by Crippen LogP contribution is 2.50. The second kappa shape index (κ2) is 15.4. The van der Waals surface area contributed by atoms with Gasteiger partial charge in [-0.2, -0.15) is 0 Å². The Morgan fingerprint density at radius 3 is 1.17 bits per heavy atom. The second-order valence-corrected chi connectivity index (χ2v) is 21.7. The SMILES string of the molecule is CC(C)(C)c1cc(-c2ccccc2)cc2c1oc1c(C(C)(C)C)cc(-n3c4ccc(-n5c6ccccc6c6ccccc65)cc4c4cc(-n5c6ccccc6c6ccccc65)ccc43)c(-c3ccccc3)c12. The maximum Gasteiger partial charge on any atom is 0.139 e. The van der Waals surface area contributed by atoms with Crippen LogP contribution in [0, 0.1) is 0 Å². The largest absolute Gasteiger partial charge is 0.455 e. The average molecular weight is 928 g/mol.